The molecule has 7 nitrogen and oxygen atoms in total. The van der Waals surface area contributed by atoms with Crippen LogP contribution in [0, 0.1) is 10.1 Å². The fourth-order valence-corrected chi connectivity index (χ4v) is 2.81. The summed E-state index contributed by atoms with van der Waals surface area (Å²) in [6.45, 7) is 1.61. The molecule has 0 saturated heterocycles. The molecule has 0 unspecified atom stereocenters. The third-order valence-corrected chi connectivity index (χ3v) is 4.10. The molecule has 0 aromatic heterocycles. The van der Waals surface area contributed by atoms with Gasteiger partial charge < -0.3 is 5.32 Å². The van der Waals surface area contributed by atoms with Crippen LogP contribution in [0.4, 0.5) is 17.1 Å². The SMILES string of the molecule is C[C@H]1C(=O)Nc2ccccc2N1C(=O)c1ccc([N+](=O)[O-])c(Cl)c1. The van der Waals surface area contributed by atoms with Gasteiger partial charge >= 0.3 is 0 Å². The van der Waals surface area contributed by atoms with Crippen molar-refractivity contribution in [2.45, 2.75) is 13.0 Å². The lowest BCUT2D eigenvalue weighted by molar-refractivity contribution is -0.384. The number of nitro groups is 1. The van der Waals surface area contributed by atoms with Gasteiger partial charge in [-0.2, -0.15) is 0 Å². The Morgan fingerprint density at radius 3 is 2.67 bits per heavy atom. The van der Waals surface area contributed by atoms with E-state index >= 15 is 0 Å². The number of benzene rings is 2. The summed E-state index contributed by atoms with van der Waals surface area (Å²) in [6, 6.07) is 9.94. The number of nitro benzene ring substituents is 1. The average Bonchev–Trinajstić information content (AvgIpc) is 2.55. The van der Waals surface area contributed by atoms with E-state index in [1.54, 1.807) is 31.2 Å². The van der Waals surface area contributed by atoms with E-state index in [2.05, 4.69) is 5.32 Å². The highest BCUT2D eigenvalue weighted by molar-refractivity contribution is 6.33. The van der Waals surface area contributed by atoms with Gasteiger partial charge in [-0.15, -0.1) is 0 Å². The van der Waals surface area contributed by atoms with Crippen molar-refractivity contribution in [2.75, 3.05) is 10.2 Å². The molecule has 2 aromatic rings. The zero-order valence-electron chi connectivity index (χ0n) is 12.5. The molecule has 0 fully saturated rings. The molecule has 8 heteroatoms. The van der Waals surface area contributed by atoms with Crippen LogP contribution in [0.1, 0.15) is 17.3 Å². The van der Waals surface area contributed by atoms with Crippen molar-refractivity contribution in [3.05, 3.63) is 63.2 Å². The molecule has 1 aliphatic heterocycles. The zero-order valence-corrected chi connectivity index (χ0v) is 13.3. The molecule has 24 heavy (non-hydrogen) atoms. The number of nitrogens with one attached hydrogen (secondary N) is 1. The molecule has 0 saturated carbocycles. The van der Waals surface area contributed by atoms with Crippen LogP contribution < -0.4 is 10.2 Å². The number of amides is 2. The lowest BCUT2D eigenvalue weighted by atomic mass is 10.1. The molecule has 1 N–H and O–H groups in total. The molecule has 0 radical (unpaired) electrons. The van der Waals surface area contributed by atoms with E-state index in [0.29, 0.717) is 11.4 Å². The number of nitrogens with zero attached hydrogens (tertiary/aromatic N) is 2. The second-order valence-electron chi connectivity index (χ2n) is 5.28. The minimum absolute atomic E-state index is 0.131. The monoisotopic (exact) mass is 345 g/mol. The molecule has 122 valence electrons. The normalized spacial score (nSPS) is 16.3. The van der Waals surface area contributed by atoms with Gasteiger partial charge in [0.25, 0.3) is 11.6 Å². The van der Waals surface area contributed by atoms with Crippen molar-refractivity contribution in [3.63, 3.8) is 0 Å². The molecule has 2 amide bonds. The number of carbonyl (C=O) groups excluding carboxylic acids is 2. The van der Waals surface area contributed by atoms with Crippen LogP contribution in [0.5, 0.6) is 0 Å². The van der Waals surface area contributed by atoms with Gasteiger partial charge in [0, 0.05) is 11.6 Å². The second-order valence-corrected chi connectivity index (χ2v) is 5.69. The standard InChI is InChI=1S/C16H12ClN3O4/c1-9-15(21)18-12-4-2-3-5-14(12)19(9)16(22)10-6-7-13(20(23)24)11(17)8-10/h2-9H,1H3,(H,18,21)/t9-/m0/s1. The third kappa shape index (κ3) is 2.59. The third-order valence-electron chi connectivity index (χ3n) is 3.80. The van der Waals surface area contributed by atoms with Crippen molar-refractivity contribution >= 4 is 40.5 Å². The fourth-order valence-electron chi connectivity index (χ4n) is 2.56. The quantitative estimate of drug-likeness (QED) is 0.668. The first-order valence-corrected chi connectivity index (χ1v) is 7.45. The molecule has 1 atom stereocenters. The topological polar surface area (TPSA) is 92.6 Å². The van der Waals surface area contributed by atoms with Gasteiger partial charge in [0.15, 0.2) is 0 Å². The summed E-state index contributed by atoms with van der Waals surface area (Å²) >= 11 is 5.88. The maximum Gasteiger partial charge on any atom is 0.287 e. The number of halogens is 1. The highest BCUT2D eigenvalue weighted by atomic mass is 35.5. The van der Waals surface area contributed by atoms with Crippen LogP contribution in [0.2, 0.25) is 5.02 Å². The first-order valence-electron chi connectivity index (χ1n) is 7.07. The van der Waals surface area contributed by atoms with Gasteiger partial charge in [0.2, 0.25) is 5.91 Å². The van der Waals surface area contributed by atoms with Crippen LogP contribution in [-0.2, 0) is 4.79 Å². The Labute approximate surface area is 142 Å². The highest BCUT2D eigenvalue weighted by Gasteiger charge is 2.34. The largest absolute Gasteiger partial charge is 0.322 e. The zero-order chi connectivity index (χ0) is 17.4. The van der Waals surface area contributed by atoms with Gasteiger partial charge in [0.1, 0.15) is 11.1 Å². The van der Waals surface area contributed by atoms with Crippen molar-refractivity contribution in [2.24, 2.45) is 0 Å². The van der Waals surface area contributed by atoms with Crippen LogP contribution in [0.15, 0.2) is 42.5 Å². The van der Waals surface area contributed by atoms with Crippen LogP contribution >= 0.6 is 11.6 Å². The van der Waals surface area contributed by atoms with Gasteiger partial charge in [-0.25, -0.2) is 0 Å². The summed E-state index contributed by atoms with van der Waals surface area (Å²) in [5, 5.41) is 13.4. The minimum Gasteiger partial charge on any atom is -0.322 e. The van der Waals surface area contributed by atoms with Crippen LogP contribution in [-0.4, -0.2) is 22.8 Å². The molecular weight excluding hydrogens is 334 g/mol. The van der Waals surface area contributed by atoms with Crippen molar-refractivity contribution < 1.29 is 14.5 Å². The van der Waals surface area contributed by atoms with Gasteiger partial charge in [-0.1, -0.05) is 23.7 Å². The van der Waals surface area contributed by atoms with E-state index in [0.717, 1.165) is 0 Å². The lowest BCUT2D eigenvalue weighted by Gasteiger charge is -2.34. The molecule has 1 heterocycles. The Bertz CT molecular complexity index is 868. The Hall–Kier alpha value is -2.93. The number of anilines is 2. The van der Waals surface area contributed by atoms with Crippen LogP contribution in [0.3, 0.4) is 0 Å². The lowest BCUT2D eigenvalue weighted by Crippen LogP contribution is -2.49. The molecular formula is C16H12ClN3O4. The summed E-state index contributed by atoms with van der Waals surface area (Å²) in [5.74, 6) is -0.767. The Morgan fingerprint density at radius 2 is 2.00 bits per heavy atom. The van der Waals surface area contributed by atoms with E-state index in [1.807, 2.05) is 0 Å². The average molecular weight is 346 g/mol. The Morgan fingerprint density at radius 1 is 1.29 bits per heavy atom. The summed E-state index contributed by atoms with van der Waals surface area (Å²) in [7, 11) is 0. The molecule has 0 bridgehead atoms. The second kappa shape index (κ2) is 5.93. The van der Waals surface area contributed by atoms with Gasteiger partial charge in [0.05, 0.1) is 16.3 Å². The molecule has 0 spiro atoms. The summed E-state index contributed by atoms with van der Waals surface area (Å²) in [4.78, 5) is 36.5. The van der Waals surface area contributed by atoms with E-state index in [1.165, 1.54) is 23.1 Å². The molecule has 1 aliphatic rings. The minimum atomic E-state index is -0.721. The van der Waals surface area contributed by atoms with E-state index in [9.17, 15) is 19.7 Å². The number of hydrogen-bond acceptors (Lipinski definition) is 4. The molecule has 0 aliphatic carbocycles. The van der Waals surface area contributed by atoms with E-state index in [4.69, 9.17) is 11.6 Å². The molecule has 2 aromatic carbocycles. The first-order chi connectivity index (χ1) is 11.4. The number of rotatable bonds is 2. The summed E-state index contributed by atoms with van der Waals surface area (Å²) < 4.78 is 0. The van der Waals surface area contributed by atoms with E-state index < -0.39 is 16.9 Å². The number of hydrogen-bond donors (Lipinski definition) is 1. The smallest absolute Gasteiger partial charge is 0.287 e. The van der Waals surface area contributed by atoms with Crippen molar-refractivity contribution in [1.29, 1.82) is 0 Å². The Balaban J connectivity index is 2.05. The van der Waals surface area contributed by atoms with Crippen molar-refractivity contribution in [1.82, 2.24) is 0 Å². The molecule has 3 rings (SSSR count). The first kappa shape index (κ1) is 15.9. The predicted octanol–water partition coefficient (Wildman–Crippen LogP) is 3.24. The maximum atomic E-state index is 12.9. The van der Waals surface area contributed by atoms with Gasteiger partial charge in [-0.3, -0.25) is 24.6 Å². The Kier molecular flexibility index (Phi) is 3.94. The predicted molar refractivity (Wildman–Crippen MR) is 89.4 cm³/mol. The fraction of sp³-hybridized carbons (Fsp3) is 0.125. The maximum absolute atomic E-state index is 12.9. The number of para-hydroxylation sites is 2. The summed E-state index contributed by atoms with van der Waals surface area (Å²) in [5.41, 5.74) is 0.978. The number of carbonyl (C=O) groups is 2. The highest BCUT2D eigenvalue weighted by Crippen LogP contribution is 2.34. The summed E-state index contributed by atoms with van der Waals surface area (Å²) in [6.07, 6.45) is 0. The van der Waals surface area contributed by atoms with Crippen molar-refractivity contribution in [3.8, 4) is 0 Å². The van der Waals surface area contributed by atoms with Gasteiger partial charge in [-0.05, 0) is 31.2 Å². The number of fused-ring (bicyclic) bond motifs is 1. The van der Waals surface area contributed by atoms with Crippen LogP contribution in [0.25, 0.3) is 0 Å². The van der Waals surface area contributed by atoms with E-state index in [-0.39, 0.29) is 22.2 Å².